The van der Waals surface area contributed by atoms with Crippen LogP contribution in [0.15, 0.2) is 66.7 Å². The van der Waals surface area contributed by atoms with Crippen LogP contribution in [0.5, 0.6) is 5.75 Å². The Labute approximate surface area is 208 Å². The van der Waals surface area contributed by atoms with E-state index in [4.69, 9.17) is 14.2 Å². The van der Waals surface area contributed by atoms with E-state index in [1.807, 2.05) is 32.0 Å². The lowest BCUT2D eigenvalue weighted by molar-refractivity contribution is -0.167. The molecule has 1 aliphatic heterocycles. The zero-order chi connectivity index (χ0) is 24.8. The third-order valence-corrected chi connectivity index (χ3v) is 6.38. The maximum absolute atomic E-state index is 13.7. The summed E-state index contributed by atoms with van der Waals surface area (Å²) in [5, 5.41) is 3.52. The monoisotopic (exact) mass is 477 g/mol. The van der Waals surface area contributed by atoms with Gasteiger partial charge in [-0.15, -0.1) is 0 Å². The van der Waals surface area contributed by atoms with Gasteiger partial charge in [-0.25, -0.2) is 4.39 Å². The maximum Gasteiger partial charge on any atom is 0.132 e. The lowest BCUT2D eigenvalue weighted by Crippen LogP contribution is -2.51. The lowest BCUT2D eigenvalue weighted by Gasteiger charge is -2.44. The minimum Gasteiger partial charge on any atom is -0.485 e. The Morgan fingerprint density at radius 2 is 1.77 bits per heavy atom. The SMILES string of the molecule is CCCCOC1c2cc(NCc3ccc(C)cc3)ccc2OC(C)(C)C1OCc1cccc(F)c1. The Bertz CT molecular complexity index is 1110. The van der Waals surface area contributed by atoms with Crippen LogP contribution < -0.4 is 10.1 Å². The summed E-state index contributed by atoms with van der Waals surface area (Å²) in [6, 6.07) is 21.2. The van der Waals surface area contributed by atoms with E-state index >= 15 is 0 Å². The number of hydrogen-bond acceptors (Lipinski definition) is 4. The number of nitrogens with one attached hydrogen (secondary N) is 1. The molecule has 2 unspecified atom stereocenters. The largest absolute Gasteiger partial charge is 0.485 e. The first-order chi connectivity index (χ1) is 16.9. The maximum atomic E-state index is 13.7. The first-order valence-electron chi connectivity index (χ1n) is 12.5. The van der Waals surface area contributed by atoms with Crippen molar-refractivity contribution in [3.8, 4) is 5.75 Å². The number of halogens is 1. The molecule has 3 aromatic carbocycles. The molecular weight excluding hydrogens is 441 g/mol. The average Bonchev–Trinajstić information content (AvgIpc) is 2.83. The molecule has 0 bridgehead atoms. The molecule has 5 heteroatoms. The van der Waals surface area contributed by atoms with Crippen molar-refractivity contribution in [1.29, 1.82) is 0 Å². The van der Waals surface area contributed by atoms with Crippen molar-refractivity contribution < 1.29 is 18.6 Å². The number of aryl methyl sites for hydroxylation is 1. The van der Waals surface area contributed by atoms with Crippen molar-refractivity contribution in [3.63, 3.8) is 0 Å². The molecule has 1 N–H and O–H groups in total. The highest BCUT2D eigenvalue weighted by Gasteiger charge is 2.45. The fourth-order valence-electron chi connectivity index (χ4n) is 4.39. The molecular formula is C30H36FNO3. The summed E-state index contributed by atoms with van der Waals surface area (Å²) in [4.78, 5) is 0. The Morgan fingerprint density at radius 3 is 2.51 bits per heavy atom. The summed E-state index contributed by atoms with van der Waals surface area (Å²) in [5.41, 5.74) is 4.61. The van der Waals surface area contributed by atoms with Gasteiger partial charge in [-0.3, -0.25) is 0 Å². The standard InChI is InChI=1S/C30H36FNO3/c1-5-6-16-33-28-26-18-25(32-19-22-12-10-21(2)11-13-22)14-15-27(26)35-30(3,4)29(28)34-20-23-8-7-9-24(31)17-23/h7-15,17-18,28-29,32H,5-6,16,19-20H2,1-4H3. The highest BCUT2D eigenvalue weighted by molar-refractivity contribution is 5.54. The molecule has 186 valence electrons. The summed E-state index contributed by atoms with van der Waals surface area (Å²) in [6.45, 7) is 9.93. The van der Waals surface area contributed by atoms with Gasteiger partial charge in [-0.1, -0.05) is 55.3 Å². The van der Waals surface area contributed by atoms with Crippen LogP contribution in [0.1, 0.15) is 62.0 Å². The van der Waals surface area contributed by atoms with E-state index in [0.717, 1.165) is 42.0 Å². The fraction of sp³-hybridized carbons (Fsp3) is 0.400. The predicted octanol–water partition coefficient (Wildman–Crippen LogP) is 7.36. The molecule has 0 radical (unpaired) electrons. The molecule has 3 aromatic rings. The van der Waals surface area contributed by atoms with Gasteiger partial charge in [0.05, 0.1) is 6.61 Å². The third-order valence-electron chi connectivity index (χ3n) is 6.38. The second-order valence-electron chi connectivity index (χ2n) is 9.80. The van der Waals surface area contributed by atoms with Crippen LogP contribution in [0.4, 0.5) is 10.1 Å². The zero-order valence-corrected chi connectivity index (χ0v) is 21.1. The van der Waals surface area contributed by atoms with Crippen molar-refractivity contribution in [1.82, 2.24) is 0 Å². The van der Waals surface area contributed by atoms with Gasteiger partial charge in [0.2, 0.25) is 0 Å². The van der Waals surface area contributed by atoms with Crippen LogP contribution in [-0.4, -0.2) is 18.3 Å². The highest BCUT2D eigenvalue weighted by atomic mass is 19.1. The topological polar surface area (TPSA) is 39.7 Å². The molecule has 0 saturated heterocycles. The number of ether oxygens (including phenoxy) is 3. The first-order valence-corrected chi connectivity index (χ1v) is 12.5. The number of rotatable bonds is 10. The van der Waals surface area contributed by atoms with Crippen molar-refractivity contribution in [2.24, 2.45) is 0 Å². The molecule has 0 spiro atoms. The second kappa shape index (κ2) is 11.2. The number of unbranched alkanes of at least 4 members (excludes halogenated alkanes) is 1. The summed E-state index contributed by atoms with van der Waals surface area (Å²) in [5.74, 6) is 0.540. The molecule has 2 atom stereocenters. The fourth-order valence-corrected chi connectivity index (χ4v) is 4.39. The van der Waals surface area contributed by atoms with Crippen LogP contribution in [0.2, 0.25) is 0 Å². The minimum atomic E-state index is -0.617. The smallest absolute Gasteiger partial charge is 0.132 e. The van der Waals surface area contributed by atoms with Crippen molar-refractivity contribution >= 4 is 5.69 Å². The van der Waals surface area contributed by atoms with Gasteiger partial charge in [0, 0.05) is 24.4 Å². The minimum absolute atomic E-state index is 0.268. The Balaban J connectivity index is 1.57. The van der Waals surface area contributed by atoms with Gasteiger partial charge in [0.1, 0.15) is 29.4 Å². The highest BCUT2D eigenvalue weighted by Crippen LogP contribution is 2.44. The van der Waals surface area contributed by atoms with E-state index in [2.05, 4.69) is 49.5 Å². The molecule has 0 aliphatic carbocycles. The number of benzene rings is 3. The Morgan fingerprint density at radius 1 is 0.971 bits per heavy atom. The Kier molecular flexibility index (Phi) is 8.09. The van der Waals surface area contributed by atoms with Gasteiger partial charge in [-0.05, 0) is 68.7 Å². The van der Waals surface area contributed by atoms with Crippen LogP contribution in [-0.2, 0) is 22.6 Å². The molecule has 4 rings (SSSR count). The van der Waals surface area contributed by atoms with Crippen molar-refractivity contribution in [2.75, 3.05) is 11.9 Å². The van der Waals surface area contributed by atoms with Crippen LogP contribution in [0, 0.1) is 12.7 Å². The number of hydrogen-bond donors (Lipinski definition) is 1. The van der Waals surface area contributed by atoms with E-state index in [-0.39, 0.29) is 24.6 Å². The predicted molar refractivity (Wildman–Crippen MR) is 138 cm³/mol. The van der Waals surface area contributed by atoms with Crippen LogP contribution in [0.3, 0.4) is 0 Å². The van der Waals surface area contributed by atoms with Gasteiger partial charge in [0.25, 0.3) is 0 Å². The first kappa shape index (κ1) is 25.2. The number of fused-ring (bicyclic) bond motifs is 1. The summed E-state index contributed by atoms with van der Waals surface area (Å²) in [7, 11) is 0. The number of anilines is 1. The molecule has 4 nitrogen and oxygen atoms in total. The summed E-state index contributed by atoms with van der Waals surface area (Å²) >= 11 is 0. The molecule has 1 aliphatic rings. The molecule has 1 heterocycles. The molecule has 35 heavy (non-hydrogen) atoms. The van der Waals surface area contributed by atoms with Crippen LogP contribution in [0.25, 0.3) is 0 Å². The van der Waals surface area contributed by atoms with Gasteiger partial charge in [0.15, 0.2) is 0 Å². The van der Waals surface area contributed by atoms with E-state index in [1.54, 1.807) is 6.07 Å². The van der Waals surface area contributed by atoms with Gasteiger partial charge < -0.3 is 19.5 Å². The Hall–Kier alpha value is -2.89. The quantitative estimate of drug-likeness (QED) is 0.310. The summed E-state index contributed by atoms with van der Waals surface area (Å²) < 4.78 is 32.9. The molecule has 0 aromatic heterocycles. The summed E-state index contributed by atoms with van der Waals surface area (Å²) in [6.07, 6.45) is 1.36. The van der Waals surface area contributed by atoms with Gasteiger partial charge in [-0.2, -0.15) is 0 Å². The molecule has 0 fully saturated rings. The third kappa shape index (κ3) is 6.41. The van der Waals surface area contributed by atoms with Crippen LogP contribution >= 0.6 is 0 Å². The second-order valence-corrected chi connectivity index (χ2v) is 9.80. The lowest BCUT2D eigenvalue weighted by atomic mass is 9.87. The van der Waals surface area contributed by atoms with E-state index in [1.165, 1.54) is 23.3 Å². The van der Waals surface area contributed by atoms with Crippen molar-refractivity contribution in [2.45, 2.75) is 71.5 Å². The zero-order valence-electron chi connectivity index (χ0n) is 21.1. The molecule has 0 amide bonds. The normalized spacial score (nSPS) is 18.5. The molecule has 0 saturated carbocycles. The van der Waals surface area contributed by atoms with E-state index in [9.17, 15) is 4.39 Å². The van der Waals surface area contributed by atoms with E-state index < -0.39 is 5.60 Å². The average molecular weight is 478 g/mol. The van der Waals surface area contributed by atoms with Gasteiger partial charge >= 0.3 is 0 Å². The van der Waals surface area contributed by atoms with E-state index in [0.29, 0.717) is 6.61 Å². The van der Waals surface area contributed by atoms with Crippen molar-refractivity contribution in [3.05, 3.63) is 94.8 Å².